The van der Waals surface area contributed by atoms with Gasteiger partial charge >= 0.3 is 5.97 Å². The lowest BCUT2D eigenvalue weighted by molar-refractivity contribution is -0.174. The zero-order valence-corrected chi connectivity index (χ0v) is 20.2. The molecule has 3 fully saturated rings. The Kier molecular flexibility index (Phi) is 7.85. The van der Waals surface area contributed by atoms with E-state index in [1.165, 1.54) is 17.6 Å². The molecule has 1 aromatic carbocycles. The van der Waals surface area contributed by atoms with Gasteiger partial charge in [-0.15, -0.1) is 0 Å². The summed E-state index contributed by atoms with van der Waals surface area (Å²) in [6, 6.07) is 9.65. The fourth-order valence-corrected chi connectivity index (χ4v) is 4.90. The number of methoxy groups -OCH3 is 1. The summed E-state index contributed by atoms with van der Waals surface area (Å²) in [5, 5.41) is 0. The molecular weight excluding hydrogens is 438 g/mol. The molecule has 9 heteroatoms. The quantitative estimate of drug-likeness (QED) is 0.519. The molecule has 0 aromatic heterocycles. The Labute approximate surface area is 200 Å². The van der Waals surface area contributed by atoms with Crippen LogP contribution in [0.1, 0.15) is 25.8 Å². The zero-order valence-electron chi connectivity index (χ0n) is 20.2. The average molecular weight is 474 g/mol. The summed E-state index contributed by atoms with van der Waals surface area (Å²) >= 11 is 0. The molecule has 4 atom stereocenters. The molecule has 1 aromatic rings. The second-order valence-electron chi connectivity index (χ2n) is 9.60. The van der Waals surface area contributed by atoms with E-state index in [9.17, 15) is 14.4 Å². The predicted octanol–water partition coefficient (Wildman–Crippen LogP) is 0.913. The Balaban J connectivity index is 1.33. The highest BCUT2D eigenvalue weighted by Crippen LogP contribution is 2.31. The molecule has 0 saturated carbocycles. The van der Waals surface area contributed by atoms with Gasteiger partial charge in [0, 0.05) is 32.7 Å². The summed E-state index contributed by atoms with van der Waals surface area (Å²) < 4.78 is 16.5. The number of morpholine rings is 1. The highest BCUT2D eigenvalue weighted by Gasteiger charge is 2.54. The van der Waals surface area contributed by atoms with Crippen LogP contribution in [0.5, 0.6) is 0 Å². The first-order valence-electron chi connectivity index (χ1n) is 12.1. The maximum Gasteiger partial charge on any atom is 0.328 e. The lowest BCUT2D eigenvalue weighted by atomic mass is 10.0. The number of fused-ring (bicyclic) bond motifs is 2. The van der Waals surface area contributed by atoms with Gasteiger partial charge in [-0.25, -0.2) is 4.79 Å². The topological polar surface area (TPSA) is 88.6 Å². The van der Waals surface area contributed by atoms with Gasteiger partial charge in [0.1, 0.15) is 6.04 Å². The highest BCUT2D eigenvalue weighted by molar-refractivity contribution is 5.94. The Bertz CT molecular complexity index is 871. The monoisotopic (exact) mass is 473 g/mol. The standard InChI is InChI=1S/C25H35N3O6/c1-17(2)15-19(25(31)32-3)28-16-20-33-21(22(34-20)24(28)30)23(29)27-13-11-26(12-14-27)10-9-18-7-5-4-6-8-18/h4-8,17,19-22H,9-16H2,1-3H3/t19-,20-,21-,22+/m0/s1. The molecule has 0 N–H and O–H groups in total. The molecule has 4 rings (SSSR count). The summed E-state index contributed by atoms with van der Waals surface area (Å²) in [5.41, 5.74) is 1.30. The van der Waals surface area contributed by atoms with E-state index in [1.807, 2.05) is 32.0 Å². The minimum atomic E-state index is -1.03. The number of amides is 2. The molecule has 0 radical (unpaired) electrons. The van der Waals surface area contributed by atoms with Crippen molar-refractivity contribution in [1.29, 1.82) is 0 Å². The Morgan fingerprint density at radius 1 is 1.09 bits per heavy atom. The van der Waals surface area contributed by atoms with Crippen LogP contribution < -0.4 is 0 Å². The second-order valence-corrected chi connectivity index (χ2v) is 9.60. The van der Waals surface area contributed by atoms with E-state index in [0.29, 0.717) is 19.5 Å². The Hall–Kier alpha value is -2.49. The molecule has 0 unspecified atom stereocenters. The van der Waals surface area contributed by atoms with Crippen LogP contribution in [-0.2, 0) is 35.0 Å². The van der Waals surface area contributed by atoms with E-state index in [2.05, 4.69) is 17.0 Å². The van der Waals surface area contributed by atoms with Crippen molar-refractivity contribution in [3.63, 3.8) is 0 Å². The molecule has 186 valence electrons. The number of benzene rings is 1. The molecule has 0 spiro atoms. The molecule has 3 saturated heterocycles. The van der Waals surface area contributed by atoms with Crippen LogP contribution in [0.4, 0.5) is 0 Å². The summed E-state index contributed by atoms with van der Waals surface area (Å²) in [5.74, 6) is -0.875. The van der Waals surface area contributed by atoms with E-state index < -0.39 is 30.5 Å². The molecule has 3 aliphatic heterocycles. The van der Waals surface area contributed by atoms with Crippen molar-refractivity contribution in [2.45, 2.75) is 51.2 Å². The number of esters is 1. The van der Waals surface area contributed by atoms with Crippen LogP contribution in [-0.4, -0.2) is 103 Å². The van der Waals surface area contributed by atoms with Gasteiger partial charge in [0.05, 0.1) is 13.7 Å². The molecular formula is C25H35N3O6. The smallest absolute Gasteiger partial charge is 0.328 e. The number of hydrogen-bond donors (Lipinski definition) is 0. The van der Waals surface area contributed by atoms with Gasteiger partial charge in [-0.2, -0.15) is 0 Å². The van der Waals surface area contributed by atoms with Gasteiger partial charge in [0.25, 0.3) is 11.8 Å². The number of ether oxygens (including phenoxy) is 3. The molecule has 2 bridgehead atoms. The number of hydrogen-bond acceptors (Lipinski definition) is 7. The summed E-state index contributed by atoms with van der Waals surface area (Å²) in [6.45, 7) is 7.74. The SMILES string of the molecule is COC(=O)[C@H](CC(C)C)N1C[C@H]2O[C@H](C(=O)N3CCN(CCc4ccccc4)CC3)[C@@H](O2)C1=O. The van der Waals surface area contributed by atoms with Gasteiger partial charge in [0.2, 0.25) is 0 Å². The van der Waals surface area contributed by atoms with Crippen molar-refractivity contribution in [3.05, 3.63) is 35.9 Å². The van der Waals surface area contributed by atoms with Crippen LogP contribution in [0.25, 0.3) is 0 Å². The summed E-state index contributed by atoms with van der Waals surface area (Å²) in [6.07, 6.45) is -1.28. The minimum absolute atomic E-state index is 0.110. The third-order valence-electron chi connectivity index (χ3n) is 6.78. The number of nitrogens with zero attached hydrogens (tertiary/aromatic N) is 3. The zero-order chi connectivity index (χ0) is 24.2. The van der Waals surface area contributed by atoms with Crippen molar-refractivity contribution >= 4 is 17.8 Å². The Morgan fingerprint density at radius 2 is 1.79 bits per heavy atom. The van der Waals surface area contributed by atoms with Gasteiger partial charge in [-0.3, -0.25) is 14.5 Å². The van der Waals surface area contributed by atoms with Gasteiger partial charge in [-0.1, -0.05) is 44.2 Å². The van der Waals surface area contributed by atoms with Crippen molar-refractivity contribution < 1.29 is 28.6 Å². The van der Waals surface area contributed by atoms with Crippen LogP contribution in [0, 0.1) is 5.92 Å². The number of carbonyl (C=O) groups is 3. The van der Waals surface area contributed by atoms with Crippen molar-refractivity contribution in [1.82, 2.24) is 14.7 Å². The lowest BCUT2D eigenvalue weighted by Crippen LogP contribution is -2.58. The van der Waals surface area contributed by atoms with E-state index >= 15 is 0 Å². The van der Waals surface area contributed by atoms with E-state index in [4.69, 9.17) is 14.2 Å². The van der Waals surface area contributed by atoms with Crippen molar-refractivity contribution in [3.8, 4) is 0 Å². The first-order valence-corrected chi connectivity index (χ1v) is 12.1. The highest BCUT2D eigenvalue weighted by atomic mass is 16.7. The first-order chi connectivity index (χ1) is 16.4. The largest absolute Gasteiger partial charge is 0.467 e. The van der Waals surface area contributed by atoms with Crippen molar-refractivity contribution in [2.24, 2.45) is 5.92 Å². The molecule has 3 aliphatic rings. The summed E-state index contributed by atoms with van der Waals surface area (Å²) in [7, 11) is 1.32. The third kappa shape index (κ3) is 5.42. The van der Waals surface area contributed by atoms with E-state index in [0.717, 1.165) is 26.1 Å². The van der Waals surface area contributed by atoms with Gasteiger partial charge in [-0.05, 0) is 24.3 Å². The van der Waals surface area contributed by atoms with Crippen LogP contribution in [0.3, 0.4) is 0 Å². The number of rotatable bonds is 8. The van der Waals surface area contributed by atoms with Crippen LogP contribution in [0.15, 0.2) is 30.3 Å². The normalized spacial score (nSPS) is 26.1. The molecule has 3 heterocycles. The van der Waals surface area contributed by atoms with E-state index in [-0.39, 0.29) is 24.3 Å². The van der Waals surface area contributed by atoms with E-state index in [1.54, 1.807) is 4.90 Å². The lowest BCUT2D eigenvalue weighted by Gasteiger charge is -2.37. The summed E-state index contributed by atoms with van der Waals surface area (Å²) in [4.78, 5) is 44.5. The fraction of sp³-hybridized carbons (Fsp3) is 0.640. The predicted molar refractivity (Wildman–Crippen MR) is 124 cm³/mol. The van der Waals surface area contributed by atoms with Crippen LogP contribution >= 0.6 is 0 Å². The van der Waals surface area contributed by atoms with Gasteiger partial charge in [0.15, 0.2) is 18.5 Å². The molecule has 2 amide bonds. The Morgan fingerprint density at radius 3 is 2.44 bits per heavy atom. The van der Waals surface area contributed by atoms with Crippen molar-refractivity contribution in [2.75, 3.05) is 46.4 Å². The molecule has 0 aliphatic carbocycles. The maximum absolute atomic E-state index is 13.3. The average Bonchev–Trinajstić information content (AvgIpc) is 3.22. The van der Waals surface area contributed by atoms with Gasteiger partial charge < -0.3 is 24.0 Å². The first kappa shape index (κ1) is 24.6. The number of carbonyl (C=O) groups excluding carboxylic acids is 3. The third-order valence-corrected chi connectivity index (χ3v) is 6.78. The number of piperazine rings is 1. The molecule has 34 heavy (non-hydrogen) atoms. The molecule has 9 nitrogen and oxygen atoms in total. The van der Waals surface area contributed by atoms with Crippen LogP contribution in [0.2, 0.25) is 0 Å². The minimum Gasteiger partial charge on any atom is -0.467 e. The fourth-order valence-electron chi connectivity index (χ4n) is 4.90. The second kappa shape index (κ2) is 10.8. The maximum atomic E-state index is 13.3.